The van der Waals surface area contributed by atoms with Gasteiger partial charge in [-0.2, -0.15) is 4.31 Å². The number of rotatable bonds is 3. The number of hydrogen-bond donors (Lipinski definition) is 2. The standard InChI is InChI=1S/C11H15N3O4S/c12-8-2-1-3-9(6-8)19(16,17)14-4-5-18-7-10(14)11(13)15/h1-3,6,10H,4-5,7,12H2,(H2,13,15). The highest BCUT2D eigenvalue weighted by atomic mass is 32.2. The topological polar surface area (TPSA) is 116 Å². The SMILES string of the molecule is NC(=O)C1COCCN1S(=O)(=O)c1cccc(N)c1. The van der Waals surface area contributed by atoms with Crippen molar-refractivity contribution in [3.63, 3.8) is 0 Å². The summed E-state index contributed by atoms with van der Waals surface area (Å²) in [5, 5.41) is 0. The van der Waals surface area contributed by atoms with Crippen LogP contribution in [0, 0.1) is 0 Å². The molecule has 1 atom stereocenters. The molecule has 8 heteroatoms. The number of carbonyl (C=O) groups is 1. The molecule has 1 aliphatic heterocycles. The molecular formula is C11H15N3O4S. The number of nitrogen functional groups attached to an aromatic ring is 1. The molecule has 4 N–H and O–H groups in total. The normalized spacial score (nSPS) is 21.2. The van der Waals surface area contributed by atoms with Crippen LogP contribution in [-0.2, 0) is 19.6 Å². The zero-order valence-corrected chi connectivity index (χ0v) is 11.0. The van der Waals surface area contributed by atoms with Crippen molar-refractivity contribution in [1.29, 1.82) is 0 Å². The molecule has 19 heavy (non-hydrogen) atoms. The van der Waals surface area contributed by atoms with Crippen LogP contribution in [0.3, 0.4) is 0 Å². The Bertz CT molecular complexity index is 587. The fraction of sp³-hybridized carbons (Fsp3) is 0.364. The summed E-state index contributed by atoms with van der Waals surface area (Å²) in [5.41, 5.74) is 11.1. The highest BCUT2D eigenvalue weighted by molar-refractivity contribution is 7.89. The molecule has 0 aliphatic carbocycles. The molecule has 1 heterocycles. The van der Waals surface area contributed by atoms with Gasteiger partial charge in [-0.05, 0) is 18.2 Å². The Balaban J connectivity index is 2.40. The van der Waals surface area contributed by atoms with E-state index in [1.807, 2.05) is 0 Å². The first-order valence-corrected chi connectivity index (χ1v) is 7.11. The van der Waals surface area contributed by atoms with Crippen LogP contribution in [0.5, 0.6) is 0 Å². The summed E-state index contributed by atoms with van der Waals surface area (Å²) in [6, 6.07) is 4.92. The summed E-state index contributed by atoms with van der Waals surface area (Å²) in [7, 11) is -3.81. The van der Waals surface area contributed by atoms with Crippen molar-refractivity contribution in [1.82, 2.24) is 4.31 Å². The fourth-order valence-electron chi connectivity index (χ4n) is 1.91. The first-order valence-electron chi connectivity index (χ1n) is 5.67. The maximum absolute atomic E-state index is 12.5. The average molecular weight is 285 g/mol. The van der Waals surface area contributed by atoms with Crippen LogP contribution in [-0.4, -0.2) is 44.4 Å². The molecule has 104 valence electrons. The summed E-state index contributed by atoms with van der Waals surface area (Å²) in [4.78, 5) is 11.4. The van der Waals surface area contributed by atoms with E-state index >= 15 is 0 Å². The second kappa shape index (κ2) is 5.16. The molecular weight excluding hydrogens is 270 g/mol. The molecule has 2 rings (SSSR count). The second-order valence-electron chi connectivity index (χ2n) is 4.18. The Labute approximate surface area is 111 Å². The third-order valence-corrected chi connectivity index (χ3v) is 4.78. The van der Waals surface area contributed by atoms with Crippen LogP contribution in [0.4, 0.5) is 5.69 Å². The Morgan fingerprint density at radius 2 is 2.16 bits per heavy atom. The number of amides is 1. The van der Waals surface area contributed by atoms with Gasteiger partial charge in [-0.25, -0.2) is 8.42 Å². The van der Waals surface area contributed by atoms with Gasteiger partial charge >= 0.3 is 0 Å². The maximum atomic E-state index is 12.5. The monoisotopic (exact) mass is 285 g/mol. The molecule has 1 aromatic carbocycles. The van der Waals surface area contributed by atoms with E-state index in [9.17, 15) is 13.2 Å². The molecule has 0 bridgehead atoms. The molecule has 1 aliphatic rings. The molecule has 1 fully saturated rings. The summed E-state index contributed by atoms with van der Waals surface area (Å²) in [5.74, 6) is -0.729. The predicted molar refractivity (Wildman–Crippen MR) is 68.5 cm³/mol. The van der Waals surface area contributed by atoms with Crippen molar-refractivity contribution in [2.45, 2.75) is 10.9 Å². The largest absolute Gasteiger partial charge is 0.399 e. The molecule has 1 unspecified atom stereocenters. The van der Waals surface area contributed by atoms with Crippen molar-refractivity contribution >= 4 is 21.6 Å². The molecule has 7 nitrogen and oxygen atoms in total. The van der Waals surface area contributed by atoms with Crippen LogP contribution < -0.4 is 11.5 Å². The number of ether oxygens (including phenoxy) is 1. The first kappa shape index (κ1) is 13.8. The first-order chi connectivity index (χ1) is 8.93. The number of primary amides is 1. The summed E-state index contributed by atoms with van der Waals surface area (Å²) >= 11 is 0. The van der Waals surface area contributed by atoms with Crippen LogP contribution in [0.2, 0.25) is 0 Å². The van der Waals surface area contributed by atoms with Gasteiger partial charge in [0.25, 0.3) is 0 Å². The number of carbonyl (C=O) groups excluding carboxylic acids is 1. The molecule has 0 spiro atoms. The van der Waals surface area contributed by atoms with Crippen molar-refractivity contribution in [3.05, 3.63) is 24.3 Å². The number of nitrogens with zero attached hydrogens (tertiary/aromatic N) is 1. The summed E-state index contributed by atoms with van der Waals surface area (Å²) in [6.07, 6.45) is 0. The highest BCUT2D eigenvalue weighted by Crippen LogP contribution is 2.22. The van der Waals surface area contributed by atoms with Gasteiger partial charge in [-0.3, -0.25) is 4.79 Å². The smallest absolute Gasteiger partial charge is 0.244 e. The summed E-state index contributed by atoms with van der Waals surface area (Å²) in [6.45, 7) is 0.285. The van der Waals surface area contributed by atoms with E-state index in [0.717, 1.165) is 4.31 Å². The van der Waals surface area contributed by atoms with Gasteiger partial charge < -0.3 is 16.2 Å². The highest BCUT2D eigenvalue weighted by Gasteiger charge is 2.37. The van der Waals surface area contributed by atoms with Gasteiger partial charge in [-0.15, -0.1) is 0 Å². The van der Waals surface area contributed by atoms with E-state index in [-0.39, 0.29) is 24.7 Å². The molecule has 0 aromatic heterocycles. The lowest BCUT2D eigenvalue weighted by molar-refractivity contribution is -0.125. The Hall–Kier alpha value is -1.64. The van der Waals surface area contributed by atoms with Gasteiger partial charge in [0, 0.05) is 12.2 Å². The van der Waals surface area contributed by atoms with E-state index in [0.29, 0.717) is 5.69 Å². The van der Waals surface area contributed by atoms with Crippen LogP contribution in [0.1, 0.15) is 0 Å². The number of sulfonamides is 1. The maximum Gasteiger partial charge on any atom is 0.244 e. The lowest BCUT2D eigenvalue weighted by Crippen LogP contribution is -2.54. The van der Waals surface area contributed by atoms with Gasteiger partial charge in [0.05, 0.1) is 18.1 Å². The molecule has 0 radical (unpaired) electrons. The Morgan fingerprint density at radius 1 is 1.42 bits per heavy atom. The van der Waals surface area contributed by atoms with Crippen molar-refractivity contribution in [2.24, 2.45) is 5.73 Å². The predicted octanol–water partition coefficient (Wildman–Crippen LogP) is -0.856. The van der Waals surface area contributed by atoms with E-state index in [1.54, 1.807) is 12.1 Å². The lowest BCUT2D eigenvalue weighted by atomic mass is 10.3. The summed E-state index contributed by atoms with van der Waals surface area (Å²) < 4.78 is 31.1. The zero-order chi connectivity index (χ0) is 14.0. The van der Waals surface area contributed by atoms with Gasteiger partial charge in [0.2, 0.25) is 15.9 Å². The minimum Gasteiger partial charge on any atom is -0.399 e. The third-order valence-electron chi connectivity index (χ3n) is 2.87. The number of nitrogens with two attached hydrogens (primary N) is 2. The lowest BCUT2D eigenvalue weighted by Gasteiger charge is -2.32. The minimum atomic E-state index is -3.81. The van der Waals surface area contributed by atoms with Crippen molar-refractivity contribution in [3.8, 4) is 0 Å². The number of anilines is 1. The minimum absolute atomic E-state index is 0.0309. The van der Waals surface area contributed by atoms with Crippen molar-refractivity contribution in [2.75, 3.05) is 25.5 Å². The average Bonchev–Trinajstić information content (AvgIpc) is 2.38. The van der Waals surface area contributed by atoms with Gasteiger partial charge in [0.15, 0.2) is 0 Å². The van der Waals surface area contributed by atoms with E-state index in [4.69, 9.17) is 16.2 Å². The number of hydrogen-bond acceptors (Lipinski definition) is 5. The third kappa shape index (κ3) is 2.70. The van der Waals surface area contributed by atoms with Crippen molar-refractivity contribution < 1.29 is 17.9 Å². The van der Waals surface area contributed by atoms with Crippen LogP contribution in [0.25, 0.3) is 0 Å². The molecule has 1 amide bonds. The Kier molecular flexibility index (Phi) is 3.74. The number of benzene rings is 1. The quantitative estimate of drug-likeness (QED) is 0.701. The van der Waals surface area contributed by atoms with E-state index in [1.165, 1.54) is 12.1 Å². The second-order valence-corrected chi connectivity index (χ2v) is 6.07. The van der Waals surface area contributed by atoms with Crippen LogP contribution in [0.15, 0.2) is 29.2 Å². The Morgan fingerprint density at radius 3 is 2.79 bits per heavy atom. The number of morpholine rings is 1. The fourth-order valence-corrected chi connectivity index (χ4v) is 3.53. The zero-order valence-electron chi connectivity index (χ0n) is 10.2. The van der Waals surface area contributed by atoms with E-state index < -0.39 is 22.0 Å². The molecule has 1 saturated heterocycles. The van der Waals surface area contributed by atoms with Crippen LogP contribution >= 0.6 is 0 Å². The van der Waals surface area contributed by atoms with Gasteiger partial charge in [-0.1, -0.05) is 6.07 Å². The van der Waals surface area contributed by atoms with Gasteiger partial charge in [0.1, 0.15) is 6.04 Å². The molecule has 0 saturated carbocycles. The molecule has 1 aromatic rings. The van der Waals surface area contributed by atoms with E-state index in [2.05, 4.69) is 0 Å².